The Hall–Kier alpha value is -2.94. The molecular weight excluding hydrogens is 358 g/mol. The molecule has 150 valence electrons. The van der Waals surface area contributed by atoms with Gasteiger partial charge < -0.3 is 4.74 Å². The molecule has 0 spiro atoms. The molecule has 0 fully saturated rings. The first-order valence-electron chi connectivity index (χ1n) is 9.98. The standard InChI is InChI=1S/C26H29NO2/c1-19-9-8-10-20(15-19)17-26(5,24(28)29-25(2,3)4)27-18-21-13-14-22-11-6-7-12-23(22)16-21/h6-16,18H,17H2,1-5H3/t26-/m0/s1. The first-order valence-corrected chi connectivity index (χ1v) is 9.98. The average molecular weight is 388 g/mol. The van der Waals surface area contributed by atoms with Crippen molar-refractivity contribution in [1.29, 1.82) is 0 Å². The molecule has 0 heterocycles. The smallest absolute Gasteiger partial charge is 0.334 e. The van der Waals surface area contributed by atoms with Crippen LogP contribution in [0.1, 0.15) is 44.4 Å². The van der Waals surface area contributed by atoms with E-state index in [1.807, 2.05) is 71.0 Å². The van der Waals surface area contributed by atoms with Crippen LogP contribution in [0.2, 0.25) is 0 Å². The lowest BCUT2D eigenvalue weighted by molar-refractivity contribution is -0.160. The number of esters is 1. The predicted octanol–water partition coefficient (Wildman–Crippen LogP) is 5.91. The molecule has 3 aromatic carbocycles. The molecule has 0 bridgehead atoms. The van der Waals surface area contributed by atoms with Crippen molar-refractivity contribution in [3.8, 4) is 0 Å². The van der Waals surface area contributed by atoms with Gasteiger partial charge in [-0.25, -0.2) is 4.79 Å². The van der Waals surface area contributed by atoms with E-state index in [0.717, 1.165) is 22.1 Å². The van der Waals surface area contributed by atoms with Crippen LogP contribution in [0.5, 0.6) is 0 Å². The van der Waals surface area contributed by atoms with Gasteiger partial charge in [0, 0.05) is 12.6 Å². The van der Waals surface area contributed by atoms with Gasteiger partial charge in [-0.15, -0.1) is 0 Å². The Kier molecular flexibility index (Phi) is 5.88. The number of aliphatic imine (C=N–C) groups is 1. The molecule has 0 N–H and O–H groups in total. The van der Waals surface area contributed by atoms with E-state index in [1.165, 1.54) is 5.39 Å². The molecule has 3 aromatic rings. The topological polar surface area (TPSA) is 38.7 Å². The van der Waals surface area contributed by atoms with Crippen LogP contribution >= 0.6 is 0 Å². The fourth-order valence-corrected chi connectivity index (χ4v) is 3.28. The molecule has 0 aliphatic carbocycles. The number of carbonyl (C=O) groups is 1. The highest BCUT2D eigenvalue weighted by molar-refractivity contribution is 5.92. The summed E-state index contributed by atoms with van der Waals surface area (Å²) in [7, 11) is 0. The van der Waals surface area contributed by atoms with E-state index in [2.05, 4.69) is 30.3 Å². The first-order chi connectivity index (χ1) is 13.6. The summed E-state index contributed by atoms with van der Waals surface area (Å²) in [5.41, 5.74) is 1.61. The van der Waals surface area contributed by atoms with Crippen molar-refractivity contribution in [2.45, 2.75) is 52.2 Å². The molecule has 0 aromatic heterocycles. The van der Waals surface area contributed by atoms with Crippen molar-refractivity contribution in [2.24, 2.45) is 4.99 Å². The van der Waals surface area contributed by atoms with E-state index in [0.29, 0.717) is 6.42 Å². The largest absolute Gasteiger partial charge is 0.458 e. The minimum atomic E-state index is -1.01. The van der Waals surface area contributed by atoms with Gasteiger partial charge in [0.25, 0.3) is 0 Å². The molecular formula is C26H29NO2. The van der Waals surface area contributed by atoms with Crippen LogP contribution in [0.25, 0.3) is 10.8 Å². The van der Waals surface area contributed by atoms with Gasteiger partial charge in [-0.05, 0) is 62.6 Å². The van der Waals surface area contributed by atoms with Crippen molar-refractivity contribution < 1.29 is 9.53 Å². The van der Waals surface area contributed by atoms with Crippen LogP contribution in [-0.4, -0.2) is 23.3 Å². The van der Waals surface area contributed by atoms with E-state index >= 15 is 0 Å². The van der Waals surface area contributed by atoms with E-state index in [-0.39, 0.29) is 5.97 Å². The van der Waals surface area contributed by atoms with E-state index in [4.69, 9.17) is 9.73 Å². The summed E-state index contributed by atoms with van der Waals surface area (Å²) in [4.78, 5) is 17.8. The Morgan fingerprint density at radius 2 is 1.66 bits per heavy atom. The summed E-state index contributed by atoms with van der Waals surface area (Å²) in [6, 6.07) is 22.6. The summed E-state index contributed by atoms with van der Waals surface area (Å²) >= 11 is 0. The zero-order valence-electron chi connectivity index (χ0n) is 17.9. The van der Waals surface area contributed by atoms with E-state index < -0.39 is 11.1 Å². The average Bonchev–Trinajstić information content (AvgIpc) is 2.65. The third-order valence-electron chi connectivity index (χ3n) is 4.74. The molecule has 0 saturated carbocycles. The number of ether oxygens (including phenoxy) is 1. The first kappa shape index (κ1) is 20.8. The van der Waals surface area contributed by atoms with Crippen LogP contribution in [0, 0.1) is 6.92 Å². The second-order valence-corrected chi connectivity index (χ2v) is 8.81. The maximum atomic E-state index is 13.1. The molecule has 3 rings (SSSR count). The van der Waals surface area contributed by atoms with Crippen molar-refractivity contribution >= 4 is 23.0 Å². The van der Waals surface area contributed by atoms with Crippen LogP contribution in [0.15, 0.2) is 71.7 Å². The van der Waals surface area contributed by atoms with Gasteiger partial charge in [-0.2, -0.15) is 0 Å². The number of benzene rings is 3. The molecule has 0 aliphatic rings. The highest BCUT2D eigenvalue weighted by Gasteiger charge is 2.36. The quantitative estimate of drug-likeness (QED) is 0.403. The van der Waals surface area contributed by atoms with Gasteiger partial charge in [0.2, 0.25) is 0 Å². The fraction of sp³-hybridized carbons (Fsp3) is 0.308. The van der Waals surface area contributed by atoms with E-state index in [1.54, 1.807) is 6.21 Å². The molecule has 3 nitrogen and oxygen atoms in total. The third-order valence-corrected chi connectivity index (χ3v) is 4.74. The highest BCUT2D eigenvalue weighted by Crippen LogP contribution is 2.24. The maximum absolute atomic E-state index is 13.1. The minimum absolute atomic E-state index is 0.316. The Morgan fingerprint density at radius 3 is 2.34 bits per heavy atom. The predicted molar refractivity (Wildman–Crippen MR) is 121 cm³/mol. The molecule has 0 amide bonds. The van der Waals surface area contributed by atoms with Gasteiger partial charge in [0.1, 0.15) is 5.60 Å². The van der Waals surface area contributed by atoms with Crippen LogP contribution in [0.4, 0.5) is 0 Å². The van der Waals surface area contributed by atoms with Gasteiger partial charge in [-0.3, -0.25) is 4.99 Å². The minimum Gasteiger partial charge on any atom is -0.458 e. The molecule has 0 saturated heterocycles. The normalized spacial score (nSPS) is 14.1. The number of rotatable bonds is 5. The molecule has 0 aliphatic heterocycles. The third kappa shape index (κ3) is 5.54. The van der Waals surface area contributed by atoms with Gasteiger partial charge in [0.05, 0.1) is 0 Å². The zero-order chi connectivity index (χ0) is 21.1. The van der Waals surface area contributed by atoms with Gasteiger partial charge in [0.15, 0.2) is 5.54 Å². The van der Waals surface area contributed by atoms with Crippen molar-refractivity contribution in [3.63, 3.8) is 0 Å². The van der Waals surface area contributed by atoms with Gasteiger partial charge >= 0.3 is 5.97 Å². The Morgan fingerprint density at radius 1 is 0.931 bits per heavy atom. The zero-order valence-corrected chi connectivity index (χ0v) is 17.9. The lowest BCUT2D eigenvalue weighted by Crippen LogP contribution is -2.41. The molecule has 1 atom stereocenters. The highest BCUT2D eigenvalue weighted by atomic mass is 16.6. The number of hydrogen-bond donors (Lipinski definition) is 0. The molecule has 0 unspecified atom stereocenters. The fourth-order valence-electron chi connectivity index (χ4n) is 3.28. The monoisotopic (exact) mass is 387 g/mol. The number of hydrogen-bond acceptors (Lipinski definition) is 3. The second-order valence-electron chi connectivity index (χ2n) is 8.81. The Bertz CT molecular complexity index is 1050. The number of nitrogens with zero attached hydrogens (tertiary/aromatic N) is 1. The Balaban J connectivity index is 1.94. The van der Waals surface area contributed by atoms with Crippen LogP contribution < -0.4 is 0 Å². The number of aryl methyl sites for hydroxylation is 1. The molecule has 29 heavy (non-hydrogen) atoms. The van der Waals surface area contributed by atoms with Crippen molar-refractivity contribution in [2.75, 3.05) is 0 Å². The summed E-state index contributed by atoms with van der Waals surface area (Å²) in [5, 5.41) is 2.33. The van der Waals surface area contributed by atoms with Crippen LogP contribution in [-0.2, 0) is 16.0 Å². The van der Waals surface area contributed by atoms with E-state index in [9.17, 15) is 4.79 Å². The summed E-state index contributed by atoms with van der Waals surface area (Å²) < 4.78 is 5.71. The maximum Gasteiger partial charge on any atom is 0.334 e. The summed E-state index contributed by atoms with van der Waals surface area (Å²) in [6.07, 6.45) is 2.26. The molecule has 3 heteroatoms. The number of fused-ring (bicyclic) bond motifs is 1. The van der Waals surface area contributed by atoms with Gasteiger partial charge in [-0.1, -0.05) is 66.2 Å². The summed E-state index contributed by atoms with van der Waals surface area (Å²) in [5.74, 6) is -0.316. The van der Waals surface area contributed by atoms with Crippen molar-refractivity contribution in [1.82, 2.24) is 0 Å². The Labute approximate surface area is 173 Å². The number of carbonyl (C=O) groups excluding carboxylic acids is 1. The van der Waals surface area contributed by atoms with Crippen molar-refractivity contribution in [3.05, 3.63) is 83.4 Å². The van der Waals surface area contributed by atoms with Crippen LogP contribution in [0.3, 0.4) is 0 Å². The summed E-state index contributed by atoms with van der Waals surface area (Å²) in [6.45, 7) is 9.54. The molecule has 0 radical (unpaired) electrons. The lowest BCUT2D eigenvalue weighted by atomic mass is 9.92. The lowest BCUT2D eigenvalue weighted by Gasteiger charge is -2.29. The second kappa shape index (κ2) is 8.20. The SMILES string of the molecule is Cc1cccc(C[C@](C)(N=Cc2ccc3ccccc3c2)C(=O)OC(C)(C)C)c1.